The van der Waals surface area contributed by atoms with Crippen LogP contribution in [0.3, 0.4) is 0 Å². The van der Waals surface area contributed by atoms with Crippen LogP contribution in [-0.2, 0) is 10.0 Å². The van der Waals surface area contributed by atoms with Gasteiger partial charge < -0.3 is 0 Å². The van der Waals surface area contributed by atoms with E-state index in [1.54, 1.807) is 29.6 Å². The lowest BCUT2D eigenvalue weighted by molar-refractivity contribution is 0.335. The fourth-order valence-corrected chi connectivity index (χ4v) is 4.62. The second-order valence-corrected chi connectivity index (χ2v) is 8.04. The van der Waals surface area contributed by atoms with Crippen LogP contribution >= 0.6 is 15.9 Å². The number of benzene rings is 1. The minimum absolute atomic E-state index is 0.145. The molecule has 3 nitrogen and oxygen atoms in total. The van der Waals surface area contributed by atoms with Crippen LogP contribution in [0.25, 0.3) is 0 Å². The van der Waals surface area contributed by atoms with E-state index in [-0.39, 0.29) is 6.04 Å². The van der Waals surface area contributed by atoms with Crippen molar-refractivity contribution in [2.75, 3.05) is 7.05 Å². The number of rotatable bonds is 3. The van der Waals surface area contributed by atoms with Crippen molar-refractivity contribution in [3.8, 4) is 0 Å². The third kappa shape index (κ3) is 3.58. The monoisotopic (exact) mass is 345 g/mol. The zero-order valence-corrected chi connectivity index (χ0v) is 13.6. The maximum atomic E-state index is 12.6. The molecular weight excluding hydrogens is 326 g/mol. The van der Waals surface area contributed by atoms with Crippen molar-refractivity contribution in [1.82, 2.24) is 4.31 Å². The maximum Gasteiger partial charge on any atom is 0.243 e. The van der Waals surface area contributed by atoms with Gasteiger partial charge in [-0.2, -0.15) is 4.31 Å². The van der Waals surface area contributed by atoms with Crippen molar-refractivity contribution in [3.05, 3.63) is 28.7 Å². The van der Waals surface area contributed by atoms with Crippen LogP contribution in [0.1, 0.15) is 38.5 Å². The zero-order valence-electron chi connectivity index (χ0n) is 11.2. The molecule has 1 aliphatic rings. The highest BCUT2D eigenvalue weighted by molar-refractivity contribution is 9.10. The van der Waals surface area contributed by atoms with Crippen molar-refractivity contribution in [1.29, 1.82) is 0 Å². The smallest absolute Gasteiger partial charge is 0.207 e. The van der Waals surface area contributed by atoms with E-state index >= 15 is 0 Å². The summed E-state index contributed by atoms with van der Waals surface area (Å²) in [5.41, 5.74) is 0. The Balaban J connectivity index is 2.23. The molecule has 5 heteroatoms. The number of hydrogen-bond donors (Lipinski definition) is 0. The van der Waals surface area contributed by atoms with Crippen molar-refractivity contribution in [2.45, 2.75) is 49.5 Å². The highest BCUT2D eigenvalue weighted by Gasteiger charge is 2.28. The molecule has 19 heavy (non-hydrogen) atoms. The molecule has 1 fully saturated rings. The quantitative estimate of drug-likeness (QED) is 0.781. The Bertz CT molecular complexity index is 522. The predicted molar refractivity (Wildman–Crippen MR) is 80.6 cm³/mol. The molecule has 106 valence electrons. The Labute approximate surface area is 124 Å². The zero-order chi connectivity index (χ0) is 13.9. The Kier molecular flexibility index (Phi) is 5.03. The Morgan fingerprint density at radius 1 is 1.16 bits per heavy atom. The molecule has 1 aliphatic carbocycles. The van der Waals surface area contributed by atoms with Gasteiger partial charge in [-0.25, -0.2) is 8.42 Å². The molecule has 0 saturated heterocycles. The van der Waals surface area contributed by atoms with E-state index in [0.717, 1.165) is 30.2 Å². The number of hydrogen-bond acceptors (Lipinski definition) is 2. The third-order valence-electron chi connectivity index (χ3n) is 3.81. The van der Waals surface area contributed by atoms with Gasteiger partial charge in [0, 0.05) is 17.6 Å². The average Bonchev–Trinajstić information content (AvgIpc) is 2.66. The van der Waals surface area contributed by atoms with Gasteiger partial charge in [0.2, 0.25) is 10.0 Å². The van der Waals surface area contributed by atoms with E-state index in [0.29, 0.717) is 4.90 Å². The summed E-state index contributed by atoms with van der Waals surface area (Å²) in [6, 6.07) is 7.07. The first-order valence-electron chi connectivity index (χ1n) is 6.75. The minimum Gasteiger partial charge on any atom is -0.207 e. The lowest BCUT2D eigenvalue weighted by atomic mass is 10.1. The first-order valence-corrected chi connectivity index (χ1v) is 8.99. The van der Waals surface area contributed by atoms with Gasteiger partial charge in [-0.3, -0.25) is 0 Å². The summed E-state index contributed by atoms with van der Waals surface area (Å²) in [6.07, 6.45) is 6.65. The molecule has 1 aromatic carbocycles. The molecule has 0 atom stereocenters. The van der Waals surface area contributed by atoms with Crippen LogP contribution in [0, 0.1) is 0 Å². The molecule has 0 bridgehead atoms. The highest BCUT2D eigenvalue weighted by atomic mass is 79.9. The third-order valence-corrected chi connectivity index (χ3v) is 6.21. The summed E-state index contributed by atoms with van der Waals surface area (Å²) in [6.45, 7) is 0. The van der Waals surface area contributed by atoms with Gasteiger partial charge in [0.05, 0.1) is 4.90 Å². The molecule has 0 spiro atoms. The molecule has 0 heterocycles. The normalized spacial score (nSPS) is 18.5. The summed E-state index contributed by atoms with van der Waals surface area (Å²) in [4.78, 5) is 0.369. The van der Waals surface area contributed by atoms with E-state index in [2.05, 4.69) is 15.9 Å². The molecule has 0 unspecified atom stereocenters. The standard InChI is InChI=1S/C14H20BrNO2S/c1-16(13-8-4-2-3-5-9-13)19(17,18)14-10-6-7-12(15)11-14/h6-7,10-11,13H,2-5,8-9H2,1H3. The fraction of sp³-hybridized carbons (Fsp3) is 0.571. The van der Waals surface area contributed by atoms with Gasteiger partial charge in [0.25, 0.3) is 0 Å². The molecule has 2 rings (SSSR count). The van der Waals surface area contributed by atoms with Crippen molar-refractivity contribution in [2.24, 2.45) is 0 Å². The molecule has 1 aromatic rings. The Hall–Kier alpha value is -0.390. The van der Waals surface area contributed by atoms with Gasteiger partial charge in [0.15, 0.2) is 0 Å². The lowest BCUT2D eigenvalue weighted by Crippen LogP contribution is -2.36. The van der Waals surface area contributed by atoms with Gasteiger partial charge in [0.1, 0.15) is 0 Å². The molecule has 0 N–H and O–H groups in total. The molecule has 0 aromatic heterocycles. The average molecular weight is 346 g/mol. The SMILES string of the molecule is CN(C1CCCCCC1)S(=O)(=O)c1cccc(Br)c1. The van der Waals surface area contributed by atoms with Gasteiger partial charge in [-0.05, 0) is 31.0 Å². The second kappa shape index (κ2) is 6.37. The maximum absolute atomic E-state index is 12.6. The molecular formula is C14H20BrNO2S. The first kappa shape index (κ1) is 15.0. The summed E-state index contributed by atoms with van der Waals surface area (Å²) in [5.74, 6) is 0. The number of nitrogens with zero attached hydrogens (tertiary/aromatic N) is 1. The molecule has 1 saturated carbocycles. The van der Waals surface area contributed by atoms with Crippen molar-refractivity contribution >= 4 is 26.0 Å². The summed E-state index contributed by atoms with van der Waals surface area (Å²) in [5, 5.41) is 0. The summed E-state index contributed by atoms with van der Waals surface area (Å²) in [7, 11) is -1.66. The van der Waals surface area contributed by atoms with Gasteiger partial charge in [-0.1, -0.05) is 47.7 Å². The summed E-state index contributed by atoms with van der Waals surface area (Å²) >= 11 is 3.33. The second-order valence-electron chi connectivity index (χ2n) is 5.12. The molecule has 0 radical (unpaired) electrons. The summed E-state index contributed by atoms with van der Waals surface area (Å²) < 4.78 is 27.6. The predicted octanol–water partition coefficient (Wildman–Crippen LogP) is 3.79. The van der Waals surface area contributed by atoms with Crippen molar-refractivity contribution < 1.29 is 8.42 Å². The van der Waals surface area contributed by atoms with Gasteiger partial charge >= 0.3 is 0 Å². The van der Waals surface area contributed by atoms with Crippen LogP contribution in [0.5, 0.6) is 0 Å². The minimum atomic E-state index is -3.37. The van der Waals surface area contributed by atoms with E-state index in [1.165, 1.54) is 12.8 Å². The van der Waals surface area contributed by atoms with Crippen molar-refractivity contribution in [3.63, 3.8) is 0 Å². The van der Waals surface area contributed by atoms with E-state index in [9.17, 15) is 8.42 Å². The van der Waals surface area contributed by atoms with E-state index in [4.69, 9.17) is 0 Å². The molecule has 0 amide bonds. The topological polar surface area (TPSA) is 37.4 Å². The molecule has 0 aliphatic heterocycles. The fourth-order valence-electron chi connectivity index (χ4n) is 2.61. The van der Waals surface area contributed by atoms with Gasteiger partial charge in [-0.15, -0.1) is 0 Å². The van der Waals surface area contributed by atoms with Crippen LogP contribution < -0.4 is 0 Å². The van der Waals surface area contributed by atoms with Crippen LogP contribution in [0.4, 0.5) is 0 Å². The Morgan fingerprint density at radius 3 is 2.37 bits per heavy atom. The Morgan fingerprint density at radius 2 is 1.79 bits per heavy atom. The number of halogens is 1. The van der Waals surface area contributed by atoms with Crippen LogP contribution in [0.15, 0.2) is 33.6 Å². The first-order chi connectivity index (χ1) is 9.01. The van der Waals surface area contributed by atoms with Crippen LogP contribution in [-0.4, -0.2) is 25.8 Å². The number of sulfonamides is 1. The highest BCUT2D eigenvalue weighted by Crippen LogP contribution is 2.26. The lowest BCUT2D eigenvalue weighted by Gasteiger charge is -2.26. The largest absolute Gasteiger partial charge is 0.243 e. The van der Waals surface area contributed by atoms with E-state index in [1.807, 2.05) is 6.07 Å². The van der Waals surface area contributed by atoms with E-state index < -0.39 is 10.0 Å². The van der Waals surface area contributed by atoms with Crippen LogP contribution in [0.2, 0.25) is 0 Å².